The van der Waals surface area contributed by atoms with E-state index >= 15 is 0 Å². The minimum absolute atomic E-state index is 0.124. The van der Waals surface area contributed by atoms with Gasteiger partial charge >= 0.3 is 0 Å². The van der Waals surface area contributed by atoms with Gasteiger partial charge in [-0.1, -0.05) is 12.1 Å². The van der Waals surface area contributed by atoms with E-state index in [2.05, 4.69) is 0 Å². The summed E-state index contributed by atoms with van der Waals surface area (Å²) in [6.07, 6.45) is 0. The number of hydrogen-bond donors (Lipinski definition) is 1. The van der Waals surface area contributed by atoms with Crippen LogP contribution in [0.4, 0.5) is 11.4 Å². The van der Waals surface area contributed by atoms with Gasteiger partial charge in [-0.2, -0.15) is 0 Å². The largest absolute Gasteiger partial charge is 0.400 e. The summed E-state index contributed by atoms with van der Waals surface area (Å²) < 4.78 is 0. The topological polar surface area (TPSA) is 107 Å². The number of benzene rings is 2. The molecule has 0 amide bonds. The van der Waals surface area contributed by atoms with Gasteiger partial charge in [0.25, 0.3) is 11.4 Å². The maximum absolute atomic E-state index is 10.7. The van der Waals surface area contributed by atoms with Crippen molar-refractivity contribution < 1.29 is 15.0 Å². The first-order chi connectivity index (χ1) is 8.61. The van der Waals surface area contributed by atoms with E-state index in [9.17, 15) is 20.2 Å². The smallest absolute Gasteiger partial charge is 0.277 e. The highest BCUT2D eigenvalue weighted by molar-refractivity contribution is 5.96. The average Bonchev–Trinajstić information content (AvgIpc) is 2.39. The highest BCUT2D eigenvalue weighted by atomic mass is 16.6. The van der Waals surface area contributed by atoms with E-state index in [0.29, 0.717) is 0 Å². The third-order valence-corrected chi connectivity index (χ3v) is 2.27. The molecule has 2 aromatic carbocycles. The zero-order chi connectivity index (χ0) is 13.7. The van der Waals surface area contributed by atoms with Crippen LogP contribution >= 0.6 is 0 Å². The van der Waals surface area contributed by atoms with Gasteiger partial charge < -0.3 is 5.11 Å². The molecule has 0 saturated heterocycles. The maximum Gasteiger partial charge on any atom is 0.277 e. The van der Waals surface area contributed by atoms with Crippen molar-refractivity contribution in [2.24, 2.45) is 0 Å². The number of hydrogen-bond acceptors (Lipinski definition) is 5. The number of fused-ring (bicyclic) bond motifs is 1. The molecule has 0 atom stereocenters. The average molecular weight is 250 g/mol. The number of nitrogens with zero attached hydrogens (tertiary/aromatic N) is 2. The molecule has 0 spiro atoms. The van der Waals surface area contributed by atoms with E-state index < -0.39 is 9.85 Å². The molecule has 94 valence electrons. The summed E-state index contributed by atoms with van der Waals surface area (Å²) in [6.45, 7) is 0. The van der Waals surface area contributed by atoms with E-state index in [1.165, 1.54) is 36.4 Å². The van der Waals surface area contributed by atoms with Crippen molar-refractivity contribution in [3.8, 4) is 0 Å². The molecule has 0 aliphatic carbocycles. The van der Waals surface area contributed by atoms with Gasteiger partial charge in [0, 0.05) is 19.2 Å². The zero-order valence-electron chi connectivity index (χ0n) is 9.44. The highest BCUT2D eigenvalue weighted by Gasteiger charge is 2.17. The second-order valence-electron chi connectivity index (χ2n) is 3.16. The fourth-order valence-electron chi connectivity index (χ4n) is 1.60. The standard InChI is InChI=1S/C10H6N2O4.CH4O/c13-11(14)9-5-1-3-7-8(9)4-2-6-10(7)12(15)16;1-2/h1-6H;2H,1H3. The van der Waals surface area contributed by atoms with Crippen molar-refractivity contribution in [3.63, 3.8) is 0 Å². The molecule has 0 saturated carbocycles. The third kappa shape index (κ3) is 2.41. The van der Waals surface area contributed by atoms with Crippen LogP contribution in [0.15, 0.2) is 36.4 Å². The van der Waals surface area contributed by atoms with Crippen LogP contribution in [0.2, 0.25) is 0 Å². The lowest BCUT2D eigenvalue weighted by atomic mass is 10.1. The van der Waals surface area contributed by atoms with Crippen LogP contribution in [0.3, 0.4) is 0 Å². The Kier molecular flexibility index (Phi) is 4.27. The molecule has 0 fully saturated rings. The lowest BCUT2D eigenvalue weighted by Gasteiger charge is -1.99. The molecule has 2 rings (SSSR count). The van der Waals surface area contributed by atoms with E-state index in [1.807, 2.05) is 0 Å². The van der Waals surface area contributed by atoms with Crippen molar-refractivity contribution in [3.05, 3.63) is 56.6 Å². The molecule has 0 bridgehead atoms. The van der Waals surface area contributed by atoms with Crippen LogP contribution in [0, 0.1) is 20.2 Å². The first-order valence-electron chi connectivity index (χ1n) is 4.86. The SMILES string of the molecule is CO.O=[N+]([O-])c1cccc2c([N+](=O)[O-])cccc12. The monoisotopic (exact) mass is 250 g/mol. The van der Waals surface area contributed by atoms with Gasteiger partial charge in [0.05, 0.1) is 20.6 Å². The fourth-order valence-corrected chi connectivity index (χ4v) is 1.60. The van der Waals surface area contributed by atoms with Crippen molar-refractivity contribution in [2.45, 2.75) is 0 Å². The number of aliphatic hydroxyl groups is 1. The molecule has 18 heavy (non-hydrogen) atoms. The Morgan fingerprint density at radius 2 is 1.17 bits per heavy atom. The number of nitro benzene ring substituents is 2. The van der Waals surface area contributed by atoms with Crippen LogP contribution in [0.25, 0.3) is 10.8 Å². The van der Waals surface area contributed by atoms with Crippen LogP contribution in [-0.4, -0.2) is 22.1 Å². The molecule has 0 unspecified atom stereocenters. The highest BCUT2D eigenvalue weighted by Crippen LogP contribution is 2.31. The molecule has 7 heteroatoms. The second kappa shape index (κ2) is 5.69. The molecule has 0 heterocycles. The normalized spacial score (nSPS) is 9.44. The molecular formula is C11H10N2O5. The van der Waals surface area contributed by atoms with Gasteiger partial charge in [0.1, 0.15) is 0 Å². The van der Waals surface area contributed by atoms with Gasteiger partial charge in [-0.05, 0) is 12.1 Å². The molecule has 0 radical (unpaired) electrons. The lowest BCUT2D eigenvalue weighted by Crippen LogP contribution is -1.92. The van der Waals surface area contributed by atoms with Gasteiger partial charge in [0.15, 0.2) is 0 Å². The van der Waals surface area contributed by atoms with Gasteiger partial charge in [0.2, 0.25) is 0 Å². The van der Waals surface area contributed by atoms with Gasteiger partial charge in [-0.3, -0.25) is 20.2 Å². The quantitative estimate of drug-likeness (QED) is 0.649. The third-order valence-electron chi connectivity index (χ3n) is 2.27. The summed E-state index contributed by atoms with van der Waals surface area (Å²) in [5.74, 6) is 0. The van der Waals surface area contributed by atoms with Crippen LogP contribution in [0.1, 0.15) is 0 Å². The Morgan fingerprint density at radius 1 is 0.833 bits per heavy atom. The summed E-state index contributed by atoms with van der Waals surface area (Å²) in [6, 6.07) is 8.53. The maximum atomic E-state index is 10.7. The predicted octanol–water partition coefficient (Wildman–Crippen LogP) is 2.26. The van der Waals surface area contributed by atoms with Crippen LogP contribution in [-0.2, 0) is 0 Å². The Labute approximate surface area is 102 Å². The molecule has 0 aromatic heterocycles. The Morgan fingerprint density at radius 3 is 1.44 bits per heavy atom. The number of non-ortho nitro benzene ring substituents is 2. The van der Waals surface area contributed by atoms with Crippen LogP contribution < -0.4 is 0 Å². The van der Waals surface area contributed by atoms with Crippen molar-refractivity contribution in [2.75, 3.05) is 7.11 Å². The Balaban J connectivity index is 0.000000771. The molecule has 7 nitrogen and oxygen atoms in total. The summed E-state index contributed by atoms with van der Waals surface area (Å²) >= 11 is 0. The molecule has 1 N–H and O–H groups in total. The first-order valence-corrected chi connectivity index (χ1v) is 4.86. The van der Waals surface area contributed by atoms with E-state index in [-0.39, 0.29) is 22.1 Å². The van der Waals surface area contributed by atoms with E-state index in [4.69, 9.17) is 5.11 Å². The minimum atomic E-state index is -0.550. The molecular weight excluding hydrogens is 240 g/mol. The van der Waals surface area contributed by atoms with Crippen molar-refractivity contribution >= 4 is 22.1 Å². The fraction of sp³-hybridized carbons (Fsp3) is 0.0909. The van der Waals surface area contributed by atoms with Gasteiger partial charge in [-0.25, -0.2) is 0 Å². The van der Waals surface area contributed by atoms with Crippen molar-refractivity contribution in [1.82, 2.24) is 0 Å². The lowest BCUT2D eigenvalue weighted by molar-refractivity contribution is -0.384. The summed E-state index contributed by atoms with van der Waals surface area (Å²) in [4.78, 5) is 20.4. The molecule has 2 aromatic rings. The minimum Gasteiger partial charge on any atom is -0.400 e. The van der Waals surface area contributed by atoms with E-state index in [1.54, 1.807) is 0 Å². The molecule has 0 aliphatic rings. The number of aliphatic hydroxyl groups excluding tert-OH is 1. The number of nitro groups is 2. The first kappa shape index (κ1) is 13.5. The van der Waals surface area contributed by atoms with Crippen LogP contribution in [0.5, 0.6) is 0 Å². The van der Waals surface area contributed by atoms with Gasteiger partial charge in [-0.15, -0.1) is 0 Å². The zero-order valence-corrected chi connectivity index (χ0v) is 9.44. The van der Waals surface area contributed by atoms with Crippen molar-refractivity contribution in [1.29, 1.82) is 0 Å². The second-order valence-corrected chi connectivity index (χ2v) is 3.16. The predicted molar refractivity (Wildman–Crippen MR) is 65.4 cm³/mol. The van der Waals surface area contributed by atoms with E-state index in [0.717, 1.165) is 7.11 Å². The molecule has 0 aliphatic heterocycles. The Hall–Kier alpha value is -2.54. The number of rotatable bonds is 2. The summed E-state index contributed by atoms with van der Waals surface area (Å²) in [7, 11) is 1.00. The summed E-state index contributed by atoms with van der Waals surface area (Å²) in [5, 5.41) is 29.0. The Bertz CT molecular complexity index is 544. The summed E-state index contributed by atoms with van der Waals surface area (Å²) in [5.41, 5.74) is -0.248.